The molecule has 0 radical (unpaired) electrons. The van der Waals surface area contributed by atoms with Crippen LogP contribution in [-0.4, -0.2) is 33.5 Å². The summed E-state index contributed by atoms with van der Waals surface area (Å²) in [4.78, 5) is 11.9. The number of unbranched alkanes of at least 4 members (excludes halogenated alkanes) is 1. The Morgan fingerprint density at radius 2 is 2.00 bits per heavy atom. The molecule has 0 unspecified atom stereocenters. The van der Waals surface area contributed by atoms with Gasteiger partial charge < -0.3 is 10.1 Å². The fourth-order valence-electron chi connectivity index (χ4n) is 2.20. The van der Waals surface area contributed by atoms with Crippen molar-refractivity contribution in [1.82, 2.24) is 10.0 Å². The molecule has 0 spiro atoms. The molecule has 142 valence electrons. The van der Waals surface area contributed by atoms with Gasteiger partial charge in [0, 0.05) is 12.6 Å². The number of ether oxygens (including phenoxy) is 1. The van der Waals surface area contributed by atoms with E-state index in [-0.39, 0.29) is 34.2 Å². The van der Waals surface area contributed by atoms with E-state index >= 15 is 0 Å². The van der Waals surface area contributed by atoms with E-state index in [9.17, 15) is 13.2 Å². The van der Waals surface area contributed by atoms with E-state index in [1.54, 1.807) is 0 Å². The lowest BCUT2D eigenvalue weighted by molar-refractivity contribution is -0.123. The zero-order chi connectivity index (χ0) is 18.9. The van der Waals surface area contributed by atoms with Gasteiger partial charge in [-0.05, 0) is 38.0 Å². The minimum Gasteiger partial charge on any atom is -0.482 e. The Kier molecular flexibility index (Phi) is 9.24. The average Bonchev–Trinajstić information content (AvgIpc) is 2.54. The Hall–Kier alpha value is -1.31. The zero-order valence-electron chi connectivity index (χ0n) is 15.0. The van der Waals surface area contributed by atoms with Gasteiger partial charge in [0.05, 0.1) is 9.92 Å². The van der Waals surface area contributed by atoms with Crippen molar-refractivity contribution < 1.29 is 17.9 Å². The van der Waals surface area contributed by atoms with Crippen LogP contribution in [-0.2, 0) is 14.8 Å². The monoisotopic (exact) mass is 390 g/mol. The van der Waals surface area contributed by atoms with Crippen LogP contribution >= 0.6 is 11.6 Å². The summed E-state index contributed by atoms with van der Waals surface area (Å²) in [6.07, 6.45) is 3.54. The van der Waals surface area contributed by atoms with Gasteiger partial charge in [-0.25, -0.2) is 13.1 Å². The highest BCUT2D eigenvalue weighted by Gasteiger charge is 2.16. The minimum atomic E-state index is -3.59. The maximum Gasteiger partial charge on any atom is 0.258 e. The van der Waals surface area contributed by atoms with Crippen molar-refractivity contribution in [3.05, 3.63) is 23.2 Å². The molecule has 0 aliphatic carbocycles. The summed E-state index contributed by atoms with van der Waals surface area (Å²) in [7, 11) is -3.59. The third-order valence-electron chi connectivity index (χ3n) is 3.52. The smallest absolute Gasteiger partial charge is 0.258 e. The first kappa shape index (κ1) is 21.7. The van der Waals surface area contributed by atoms with E-state index in [4.69, 9.17) is 16.3 Å². The quantitative estimate of drug-likeness (QED) is 0.568. The third kappa shape index (κ3) is 7.63. The van der Waals surface area contributed by atoms with Crippen LogP contribution in [0.25, 0.3) is 0 Å². The molecular weight excluding hydrogens is 364 g/mol. The highest BCUT2D eigenvalue weighted by molar-refractivity contribution is 7.89. The molecule has 0 bridgehead atoms. The molecule has 0 aliphatic heterocycles. The molecule has 0 saturated carbocycles. The largest absolute Gasteiger partial charge is 0.482 e. The molecule has 1 aromatic rings. The second-order valence-electron chi connectivity index (χ2n) is 5.89. The number of amides is 1. The predicted octanol–water partition coefficient (Wildman–Crippen LogP) is 3.10. The van der Waals surface area contributed by atoms with Gasteiger partial charge in [0.1, 0.15) is 5.75 Å². The molecule has 0 heterocycles. The maximum atomic E-state index is 12.1. The molecule has 8 heteroatoms. The van der Waals surface area contributed by atoms with Gasteiger partial charge in [-0.15, -0.1) is 0 Å². The van der Waals surface area contributed by atoms with Gasteiger partial charge in [0.2, 0.25) is 10.0 Å². The van der Waals surface area contributed by atoms with Crippen LogP contribution in [0.1, 0.15) is 46.5 Å². The van der Waals surface area contributed by atoms with E-state index in [2.05, 4.69) is 10.0 Å². The summed E-state index contributed by atoms with van der Waals surface area (Å²) in [5.74, 6) is 0.0300. The number of halogens is 1. The molecule has 1 atom stereocenters. The standard InChI is InChI=1S/C17H27ClN2O4S/c1-4-6-10-19-25(22,23)14-8-9-16(15(18)11-14)24-12-17(21)20-13(3)7-5-2/h8-9,11,13,19H,4-7,10,12H2,1-3H3,(H,20,21)/t13-/m1/s1. The van der Waals surface area contributed by atoms with Gasteiger partial charge in [-0.3, -0.25) is 4.79 Å². The van der Waals surface area contributed by atoms with Crippen LogP contribution in [0.4, 0.5) is 0 Å². The summed E-state index contributed by atoms with van der Waals surface area (Å²) in [6, 6.07) is 4.27. The molecule has 2 N–H and O–H groups in total. The van der Waals surface area contributed by atoms with Crippen molar-refractivity contribution >= 4 is 27.5 Å². The first-order valence-corrected chi connectivity index (χ1v) is 10.4. The number of carbonyl (C=O) groups excluding carboxylic acids is 1. The number of sulfonamides is 1. The molecular formula is C17H27ClN2O4S. The number of hydrogen-bond acceptors (Lipinski definition) is 4. The fourth-order valence-corrected chi connectivity index (χ4v) is 3.60. The molecule has 1 rings (SSSR count). The topological polar surface area (TPSA) is 84.5 Å². The van der Waals surface area contributed by atoms with E-state index in [0.29, 0.717) is 6.54 Å². The normalized spacial score (nSPS) is 12.6. The second-order valence-corrected chi connectivity index (χ2v) is 8.06. The lowest BCUT2D eigenvalue weighted by Crippen LogP contribution is -2.35. The van der Waals surface area contributed by atoms with E-state index in [1.165, 1.54) is 18.2 Å². The molecule has 0 saturated heterocycles. The second kappa shape index (κ2) is 10.6. The Balaban J connectivity index is 2.65. The van der Waals surface area contributed by atoms with Crippen LogP contribution < -0.4 is 14.8 Å². The zero-order valence-corrected chi connectivity index (χ0v) is 16.5. The van der Waals surface area contributed by atoms with Crippen molar-refractivity contribution in [2.75, 3.05) is 13.2 Å². The number of carbonyl (C=O) groups is 1. The van der Waals surface area contributed by atoms with Gasteiger partial charge in [-0.1, -0.05) is 38.3 Å². The molecule has 0 aromatic heterocycles. The molecule has 0 fully saturated rings. The fraction of sp³-hybridized carbons (Fsp3) is 0.588. The average molecular weight is 391 g/mol. The Morgan fingerprint density at radius 1 is 1.28 bits per heavy atom. The number of hydrogen-bond donors (Lipinski definition) is 2. The van der Waals surface area contributed by atoms with Gasteiger partial charge in [0.15, 0.2) is 6.61 Å². The van der Waals surface area contributed by atoms with Crippen LogP contribution in [0.15, 0.2) is 23.1 Å². The Morgan fingerprint density at radius 3 is 2.60 bits per heavy atom. The summed E-state index contributed by atoms with van der Waals surface area (Å²) in [6.45, 7) is 6.17. The first-order chi connectivity index (χ1) is 11.8. The van der Waals surface area contributed by atoms with Gasteiger partial charge in [0.25, 0.3) is 5.91 Å². The molecule has 25 heavy (non-hydrogen) atoms. The lowest BCUT2D eigenvalue weighted by Gasteiger charge is -2.14. The van der Waals surface area contributed by atoms with E-state index in [0.717, 1.165) is 25.7 Å². The van der Waals surface area contributed by atoms with Crippen LogP contribution in [0, 0.1) is 0 Å². The van der Waals surface area contributed by atoms with Crippen molar-refractivity contribution in [3.63, 3.8) is 0 Å². The first-order valence-electron chi connectivity index (χ1n) is 8.51. The number of benzene rings is 1. The van der Waals surface area contributed by atoms with E-state index < -0.39 is 10.0 Å². The summed E-state index contributed by atoms with van der Waals surface area (Å²) < 4.78 is 32.2. The lowest BCUT2D eigenvalue weighted by atomic mass is 10.2. The summed E-state index contributed by atoms with van der Waals surface area (Å²) in [5, 5.41) is 2.97. The van der Waals surface area contributed by atoms with E-state index in [1.807, 2.05) is 20.8 Å². The van der Waals surface area contributed by atoms with Crippen LogP contribution in [0.5, 0.6) is 5.75 Å². The highest BCUT2D eigenvalue weighted by Crippen LogP contribution is 2.27. The molecule has 1 amide bonds. The summed E-state index contributed by atoms with van der Waals surface area (Å²) >= 11 is 6.09. The van der Waals surface area contributed by atoms with Crippen molar-refractivity contribution in [2.24, 2.45) is 0 Å². The SMILES string of the molecule is CCCCNS(=O)(=O)c1ccc(OCC(=O)N[C@H](C)CCC)c(Cl)c1. The van der Waals surface area contributed by atoms with Gasteiger partial charge in [-0.2, -0.15) is 0 Å². The Labute approximate surface area is 155 Å². The van der Waals surface area contributed by atoms with Crippen molar-refractivity contribution in [2.45, 2.75) is 57.4 Å². The third-order valence-corrected chi connectivity index (χ3v) is 5.28. The summed E-state index contributed by atoms with van der Waals surface area (Å²) in [5.41, 5.74) is 0. The molecule has 6 nitrogen and oxygen atoms in total. The predicted molar refractivity (Wildman–Crippen MR) is 99.6 cm³/mol. The van der Waals surface area contributed by atoms with Crippen molar-refractivity contribution in [3.8, 4) is 5.75 Å². The van der Waals surface area contributed by atoms with Crippen LogP contribution in [0.3, 0.4) is 0 Å². The molecule has 0 aliphatic rings. The maximum absolute atomic E-state index is 12.1. The highest BCUT2D eigenvalue weighted by atomic mass is 35.5. The minimum absolute atomic E-state index is 0.0713. The number of rotatable bonds is 11. The van der Waals surface area contributed by atoms with Crippen LogP contribution in [0.2, 0.25) is 5.02 Å². The Bertz CT molecular complexity index is 665. The van der Waals surface area contributed by atoms with Crippen molar-refractivity contribution in [1.29, 1.82) is 0 Å². The number of nitrogens with one attached hydrogen (secondary N) is 2. The van der Waals surface area contributed by atoms with Gasteiger partial charge >= 0.3 is 0 Å². The molecule has 1 aromatic carbocycles.